The van der Waals surface area contributed by atoms with Crippen LogP contribution in [0.1, 0.15) is 0 Å². The molecule has 0 radical (unpaired) electrons. The molecule has 0 unspecified atom stereocenters. The molecule has 0 bridgehead atoms. The molecule has 0 aliphatic carbocycles. The zero-order chi connectivity index (χ0) is 8.39. The molecule has 1 aromatic carbocycles. The molecule has 2 heteroatoms. The minimum Gasteiger partial charge on any atom is -0.361 e. The van der Waals surface area contributed by atoms with Crippen molar-refractivity contribution in [1.29, 1.82) is 0 Å². The average Bonchev–Trinajstić information content (AvgIpc) is 2.58. The van der Waals surface area contributed by atoms with Gasteiger partial charge in [0.15, 0.2) is 0 Å². The largest absolute Gasteiger partial charge is 0.361 e. The molecular formula is C10H9NS. The van der Waals surface area contributed by atoms with Crippen LogP contribution >= 0.6 is 12.6 Å². The van der Waals surface area contributed by atoms with Gasteiger partial charge in [-0.15, -0.1) is 12.6 Å². The molecule has 1 nitrogen and oxygen atoms in total. The van der Waals surface area contributed by atoms with Gasteiger partial charge in [0.25, 0.3) is 0 Å². The maximum atomic E-state index is 4.22. The number of benzene rings is 1. The molecule has 0 amide bonds. The average molecular weight is 175 g/mol. The van der Waals surface area contributed by atoms with Gasteiger partial charge in [0.05, 0.1) is 0 Å². The number of hydrogen-bond acceptors (Lipinski definition) is 1. The Morgan fingerprint density at radius 2 is 1.75 bits per heavy atom. The van der Waals surface area contributed by atoms with E-state index in [4.69, 9.17) is 0 Å². The highest BCUT2D eigenvalue weighted by molar-refractivity contribution is 7.80. The summed E-state index contributed by atoms with van der Waals surface area (Å²) in [7, 11) is 0. The van der Waals surface area contributed by atoms with E-state index in [9.17, 15) is 0 Å². The number of rotatable bonds is 1. The van der Waals surface area contributed by atoms with Gasteiger partial charge in [-0.1, -0.05) is 12.1 Å². The molecule has 0 saturated heterocycles. The van der Waals surface area contributed by atoms with Crippen LogP contribution in [0.5, 0.6) is 0 Å². The van der Waals surface area contributed by atoms with E-state index in [2.05, 4.69) is 17.6 Å². The maximum Gasteiger partial charge on any atom is 0.0453 e. The third-order valence-corrected chi connectivity index (χ3v) is 2.07. The second kappa shape index (κ2) is 3.07. The van der Waals surface area contributed by atoms with Crippen LogP contribution in [0.4, 0.5) is 0 Å². The first-order chi connectivity index (χ1) is 5.86. The standard InChI is InChI=1S/C10H9NS/c12-9-5-3-8(4-6-9)10-2-1-7-11-10/h1-7,11-12H. The summed E-state index contributed by atoms with van der Waals surface area (Å²) >= 11 is 4.22. The van der Waals surface area contributed by atoms with Crippen LogP contribution in [0.3, 0.4) is 0 Å². The van der Waals surface area contributed by atoms with Crippen LogP contribution in [0.15, 0.2) is 47.5 Å². The number of aromatic amines is 1. The fourth-order valence-corrected chi connectivity index (χ4v) is 1.30. The number of nitrogens with one attached hydrogen (secondary N) is 1. The van der Waals surface area contributed by atoms with Crippen molar-refractivity contribution in [1.82, 2.24) is 4.98 Å². The zero-order valence-corrected chi connectivity index (χ0v) is 7.38. The summed E-state index contributed by atoms with van der Waals surface area (Å²) in [5.41, 5.74) is 2.33. The summed E-state index contributed by atoms with van der Waals surface area (Å²) in [5, 5.41) is 0. The lowest BCUT2D eigenvalue weighted by molar-refractivity contribution is 1.38. The van der Waals surface area contributed by atoms with Crippen molar-refractivity contribution in [3.05, 3.63) is 42.6 Å². The molecule has 2 rings (SSSR count). The summed E-state index contributed by atoms with van der Waals surface area (Å²) in [6.45, 7) is 0. The molecule has 1 heterocycles. The molecular weight excluding hydrogens is 166 g/mol. The fraction of sp³-hybridized carbons (Fsp3) is 0. The van der Waals surface area contributed by atoms with Crippen molar-refractivity contribution in [2.24, 2.45) is 0 Å². The van der Waals surface area contributed by atoms with Gasteiger partial charge in [-0.05, 0) is 29.8 Å². The van der Waals surface area contributed by atoms with Gasteiger partial charge >= 0.3 is 0 Å². The van der Waals surface area contributed by atoms with Gasteiger partial charge in [0.2, 0.25) is 0 Å². The number of hydrogen-bond donors (Lipinski definition) is 2. The van der Waals surface area contributed by atoms with Gasteiger partial charge in [0.1, 0.15) is 0 Å². The predicted molar refractivity (Wildman–Crippen MR) is 53.5 cm³/mol. The smallest absolute Gasteiger partial charge is 0.0453 e. The van der Waals surface area contributed by atoms with E-state index in [1.807, 2.05) is 42.6 Å². The fourth-order valence-electron chi connectivity index (χ4n) is 1.15. The van der Waals surface area contributed by atoms with Crippen molar-refractivity contribution in [3.8, 4) is 11.3 Å². The normalized spacial score (nSPS) is 10.1. The van der Waals surface area contributed by atoms with Crippen LogP contribution in [-0.4, -0.2) is 4.98 Å². The van der Waals surface area contributed by atoms with Crippen molar-refractivity contribution in [2.45, 2.75) is 4.90 Å². The molecule has 0 fully saturated rings. The van der Waals surface area contributed by atoms with Crippen LogP contribution in [0.25, 0.3) is 11.3 Å². The minimum atomic E-state index is 0.991. The highest BCUT2D eigenvalue weighted by Crippen LogP contribution is 2.18. The van der Waals surface area contributed by atoms with Crippen molar-refractivity contribution in [3.63, 3.8) is 0 Å². The van der Waals surface area contributed by atoms with Crippen molar-refractivity contribution < 1.29 is 0 Å². The minimum absolute atomic E-state index is 0.991. The van der Waals surface area contributed by atoms with Gasteiger partial charge < -0.3 is 4.98 Å². The molecule has 2 aromatic rings. The molecule has 0 spiro atoms. The van der Waals surface area contributed by atoms with Crippen LogP contribution in [0, 0.1) is 0 Å². The number of aromatic nitrogens is 1. The summed E-state index contributed by atoms with van der Waals surface area (Å²) in [6.07, 6.45) is 1.92. The van der Waals surface area contributed by atoms with Gasteiger partial charge in [0, 0.05) is 16.8 Å². The van der Waals surface area contributed by atoms with Crippen molar-refractivity contribution >= 4 is 12.6 Å². The first-order valence-electron chi connectivity index (χ1n) is 3.79. The van der Waals surface area contributed by atoms with E-state index in [-0.39, 0.29) is 0 Å². The van der Waals surface area contributed by atoms with Crippen LogP contribution in [0.2, 0.25) is 0 Å². The van der Waals surface area contributed by atoms with E-state index in [1.165, 1.54) is 5.56 Å². The Balaban J connectivity index is 2.43. The Hall–Kier alpha value is -1.15. The molecule has 0 atom stereocenters. The molecule has 0 saturated carbocycles. The van der Waals surface area contributed by atoms with Crippen LogP contribution < -0.4 is 0 Å². The van der Waals surface area contributed by atoms with Gasteiger partial charge in [-0.3, -0.25) is 0 Å². The number of H-pyrrole nitrogens is 1. The Morgan fingerprint density at radius 1 is 1.00 bits per heavy atom. The zero-order valence-electron chi connectivity index (χ0n) is 6.49. The highest BCUT2D eigenvalue weighted by atomic mass is 32.1. The summed E-state index contributed by atoms with van der Waals surface area (Å²) in [4.78, 5) is 4.14. The van der Waals surface area contributed by atoms with E-state index >= 15 is 0 Å². The van der Waals surface area contributed by atoms with Gasteiger partial charge in [-0.25, -0.2) is 0 Å². The van der Waals surface area contributed by atoms with E-state index in [1.54, 1.807) is 0 Å². The summed E-state index contributed by atoms with van der Waals surface area (Å²) in [5.74, 6) is 0. The third-order valence-electron chi connectivity index (χ3n) is 1.78. The third kappa shape index (κ3) is 1.38. The Kier molecular flexibility index (Phi) is 1.92. The first-order valence-corrected chi connectivity index (χ1v) is 4.24. The van der Waals surface area contributed by atoms with Gasteiger partial charge in [-0.2, -0.15) is 0 Å². The molecule has 1 N–H and O–H groups in total. The van der Waals surface area contributed by atoms with Crippen LogP contribution in [-0.2, 0) is 0 Å². The lowest BCUT2D eigenvalue weighted by atomic mass is 10.2. The molecule has 12 heavy (non-hydrogen) atoms. The second-order valence-electron chi connectivity index (χ2n) is 2.63. The number of thiol groups is 1. The maximum absolute atomic E-state index is 4.22. The lowest BCUT2D eigenvalue weighted by Gasteiger charge is -1.97. The Bertz CT molecular complexity index is 348. The Labute approximate surface area is 76.9 Å². The lowest BCUT2D eigenvalue weighted by Crippen LogP contribution is -1.75. The predicted octanol–water partition coefficient (Wildman–Crippen LogP) is 2.97. The van der Waals surface area contributed by atoms with E-state index in [0.29, 0.717) is 0 Å². The monoisotopic (exact) mass is 175 g/mol. The molecule has 60 valence electrons. The molecule has 0 aliphatic rings. The summed E-state index contributed by atoms with van der Waals surface area (Å²) < 4.78 is 0. The first kappa shape index (κ1) is 7.50. The topological polar surface area (TPSA) is 15.8 Å². The second-order valence-corrected chi connectivity index (χ2v) is 3.15. The molecule has 0 aliphatic heterocycles. The SMILES string of the molecule is Sc1ccc(-c2ccc[nH]2)cc1. The summed E-state index contributed by atoms with van der Waals surface area (Å²) in [6, 6.07) is 12.1. The molecule has 1 aromatic heterocycles. The van der Waals surface area contributed by atoms with E-state index in [0.717, 1.165) is 10.6 Å². The van der Waals surface area contributed by atoms with Crippen molar-refractivity contribution in [2.75, 3.05) is 0 Å². The quantitative estimate of drug-likeness (QED) is 0.620. The highest BCUT2D eigenvalue weighted by Gasteiger charge is 1.95. The van der Waals surface area contributed by atoms with E-state index < -0.39 is 0 Å². The Morgan fingerprint density at radius 3 is 2.33 bits per heavy atom.